The van der Waals surface area contributed by atoms with Crippen molar-refractivity contribution in [3.05, 3.63) is 12.1 Å². The van der Waals surface area contributed by atoms with Gasteiger partial charge in [-0.05, 0) is 62.3 Å². The second-order valence-corrected chi connectivity index (χ2v) is 8.21. The summed E-state index contributed by atoms with van der Waals surface area (Å²) in [5.74, 6) is 1.53. The maximum atomic E-state index is 12.2. The van der Waals surface area contributed by atoms with Crippen molar-refractivity contribution < 1.29 is 18.8 Å². The summed E-state index contributed by atoms with van der Waals surface area (Å²) in [6.07, 6.45) is 1.79. The van der Waals surface area contributed by atoms with Gasteiger partial charge in [-0.2, -0.15) is 0 Å². The van der Waals surface area contributed by atoms with Crippen molar-refractivity contribution in [1.29, 1.82) is 0 Å². The number of esters is 1. The van der Waals surface area contributed by atoms with E-state index >= 15 is 0 Å². The maximum Gasteiger partial charge on any atom is 0.486 e. The molecule has 0 amide bonds. The van der Waals surface area contributed by atoms with Crippen molar-refractivity contribution in [2.75, 3.05) is 0 Å². The molecule has 0 aromatic carbocycles. The van der Waals surface area contributed by atoms with E-state index in [-0.39, 0.29) is 17.2 Å². The van der Waals surface area contributed by atoms with Gasteiger partial charge in [0.05, 0.1) is 16.6 Å². The normalized spacial score (nSPS) is 21.9. The Labute approximate surface area is 129 Å². The Balaban J connectivity index is 2.75. The lowest BCUT2D eigenvalue weighted by molar-refractivity contribution is -0.162. The smallest absolute Gasteiger partial charge is 0.459 e. The zero-order chi connectivity index (χ0) is 16.7. The van der Waals surface area contributed by atoms with E-state index in [0.29, 0.717) is 0 Å². The Kier molecular flexibility index (Phi) is 4.72. The second kappa shape index (κ2) is 5.43. The standard InChI is InChI=1S/C16H29BO4/c1-13(2,3)19-12(18)14(4,5)10-11-17-20-15(6,7)16(8,9)21-17/h10-11H,1-9H3/b11-10+. The molecule has 0 spiro atoms. The van der Waals surface area contributed by atoms with Crippen LogP contribution in [0, 0.1) is 5.41 Å². The fraction of sp³-hybridized carbons (Fsp3) is 0.812. The van der Waals surface area contributed by atoms with E-state index in [4.69, 9.17) is 14.0 Å². The number of carbonyl (C=O) groups excluding carboxylic acids is 1. The zero-order valence-electron chi connectivity index (χ0n) is 14.9. The minimum absolute atomic E-state index is 0.261. The van der Waals surface area contributed by atoms with Crippen LogP contribution in [0.5, 0.6) is 0 Å². The van der Waals surface area contributed by atoms with Crippen LogP contribution in [0.4, 0.5) is 0 Å². The molecular weight excluding hydrogens is 267 g/mol. The first-order valence-electron chi connectivity index (χ1n) is 7.45. The summed E-state index contributed by atoms with van der Waals surface area (Å²) in [6.45, 7) is 17.2. The Morgan fingerprint density at radius 2 is 1.43 bits per heavy atom. The van der Waals surface area contributed by atoms with Gasteiger partial charge in [0, 0.05) is 0 Å². The van der Waals surface area contributed by atoms with E-state index in [0.717, 1.165) is 0 Å². The van der Waals surface area contributed by atoms with E-state index in [2.05, 4.69) is 0 Å². The third-order valence-electron chi connectivity index (χ3n) is 3.87. The largest absolute Gasteiger partial charge is 0.486 e. The highest BCUT2D eigenvalue weighted by Crippen LogP contribution is 2.37. The van der Waals surface area contributed by atoms with E-state index < -0.39 is 18.1 Å². The first-order valence-corrected chi connectivity index (χ1v) is 7.45. The third-order valence-corrected chi connectivity index (χ3v) is 3.87. The lowest BCUT2D eigenvalue weighted by Crippen LogP contribution is -2.41. The van der Waals surface area contributed by atoms with Crippen LogP contribution in [0.1, 0.15) is 62.3 Å². The summed E-state index contributed by atoms with van der Waals surface area (Å²) in [4.78, 5) is 12.2. The van der Waals surface area contributed by atoms with Crippen molar-refractivity contribution in [1.82, 2.24) is 0 Å². The van der Waals surface area contributed by atoms with Crippen molar-refractivity contribution in [2.45, 2.75) is 79.1 Å². The fourth-order valence-corrected chi connectivity index (χ4v) is 1.76. The van der Waals surface area contributed by atoms with Crippen LogP contribution in [0.3, 0.4) is 0 Å². The first kappa shape index (κ1) is 18.2. The molecule has 0 aliphatic carbocycles. The molecule has 0 aromatic rings. The maximum absolute atomic E-state index is 12.2. The lowest BCUT2D eigenvalue weighted by Gasteiger charge is -2.32. The third kappa shape index (κ3) is 4.58. The Hall–Kier alpha value is -0.805. The molecule has 120 valence electrons. The van der Waals surface area contributed by atoms with Gasteiger partial charge < -0.3 is 14.0 Å². The molecule has 0 unspecified atom stereocenters. The lowest BCUT2D eigenvalue weighted by atomic mass is 9.83. The molecule has 0 bridgehead atoms. The van der Waals surface area contributed by atoms with Crippen LogP contribution in [-0.4, -0.2) is 29.9 Å². The fourth-order valence-electron chi connectivity index (χ4n) is 1.76. The van der Waals surface area contributed by atoms with E-state index in [9.17, 15) is 4.79 Å². The number of carbonyl (C=O) groups is 1. The molecule has 0 atom stereocenters. The first-order chi connectivity index (χ1) is 9.16. The van der Waals surface area contributed by atoms with Crippen molar-refractivity contribution in [3.8, 4) is 0 Å². The summed E-state index contributed by atoms with van der Waals surface area (Å²) in [7, 11) is -0.447. The molecule has 4 nitrogen and oxygen atoms in total. The van der Waals surface area contributed by atoms with Gasteiger partial charge in [-0.3, -0.25) is 4.79 Å². The highest BCUT2D eigenvalue weighted by molar-refractivity contribution is 6.51. The number of rotatable bonds is 3. The van der Waals surface area contributed by atoms with Gasteiger partial charge in [0.25, 0.3) is 0 Å². The summed E-state index contributed by atoms with van der Waals surface area (Å²) in [5, 5.41) is 0. The molecule has 0 radical (unpaired) electrons. The van der Waals surface area contributed by atoms with E-state index in [1.807, 2.05) is 62.3 Å². The summed E-state index contributed by atoms with van der Waals surface area (Å²) in [5.41, 5.74) is -1.97. The topological polar surface area (TPSA) is 44.8 Å². The van der Waals surface area contributed by atoms with Crippen LogP contribution in [0.2, 0.25) is 0 Å². The van der Waals surface area contributed by atoms with Gasteiger partial charge >= 0.3 is 13.1 Å². The molecule has 0 aromatic heterocycles. The van der Waals surface area contributed by atoms with Gasteiger partial charge in [0.15, 0.2) is 0 Å². The monoisotopic (exact) mass is 296 g/mol. The van der Waals surface area contributed by atoms with E-state index in [1.54, 1.807) is 12.1 Å². The van der Waals surface area contributed by atoms with Gasteiger partial charge in [0.2, 0.25) is 0 Å². The minimum Gasteiger partial charge on any atom is -0.459 e. The van der Waals surface area contributed by atoms with Gasteiger partial charge in [-0.25, -0.2) is 0 Å². The molecule has 1 heterocycles. The van der Waals surface area contributed by atoms with Gasteiger partial charge in [0.1, 0.15) is 5.60 Å². The molecule has 5 heteroatoms. The second-order valence-electron chi connectivity index (χ2n) is 8.21. The summed E-state index contributed by atoms with van der Waals surface area (Å²) in [6, 6.07) is 0. The molecule has 0 N–H and O–H groups in total. The molecule has 1 fully saturated rings. The average Bonchev–Trinajstić information content (AvgIpc) is 2.42. The predicted molar refractivity (Wildman–Crippen MR) is 84.8 cm³/mol. The molecular formula is C16H29BO4. The molecule has 1 saturated heterocycles. The van der Waals surface area contributed by atoms with E-state index in [1.165, 1.54) is 0 Å². The van der Waals surface area contributed by atoms with Gasteiger partial charge in [-0.15, -0.1) is 0 Å². The molecule has 1 rings (SSSR count). The average molecular weight is 296 g/mol. The number of ether oxygens (including phenoxy) is 1. The Morgan fingerprint density at radius 3 is 1.81 bits per heavy atom. The van der Waals surface area contributed by atoms with Crippen LogP contribution >= 0.6 is 0 Å². The van der Waals surface area contributed by atoms with Crippen LogP contribution in [0.15, 0.2) is 12.1 Å². The van der Waals surface area contributed by atoms with Crippen molar-refractivity contribution in [3.63, 3.8) is 0 Å². The number of hydrogen-bond donors (Lipinski definition) is 0. The predicted octanol–water partition coefficient (Wildman–Crippen LogP) is 3.54. The molecule has 0 saturated carbocycles. The van der Waals surface area contributed by atoms with Crippen LogP contribution < -0.4 is 0 Å². The molecule has 21 heavy (non-hydrogen) atoms. The summed E-state index contributed by atoms with van der Waals surface area (Å²) >= 11 is 0. The van der Waals surface area contributed by atoms with Crippen LogP contribution in [0.25, 0.3) is 0 Å². The van der Waals surface area contributed by atoms with Crippen LogP contribution in [-0.2, 0) is 18.8 Å². The molecule has 1 aliphatic rings. The highest BCUT2D eigenvalue weighted by atomic mass is 16.7. The number of hydrogen-bond acceptors (Lipinski definition) is 4. The summed E-state index contributed by atoms with van der Waals surface area (Å²) < 4.78 is 17.2. The zero-order valence-corrected chi connectivity index (χ0v) is 14.9. The van der Waals surface area contributed by atoms with Gasteiger partial charge in [-0.1, -0.05) is 12.1 Å². The SMILES string of the molecule is CC(C)(C)OC(=O)C(C)(C)/C=C/B1OC(C)(C)C(C)(C)O1. The minimum atomic E-state index is -0.725. The van der Waals surface area contributed by atoms with Crippen molar-refractivity contribution >= 4 is 13.1 Å². The quantitative estimate of drug-likeness (QED) is 0.590. The Bertz CT molecular complexity index is 414. The molecule has 1 aliphatic heterocycles. The highest BCUT2D eigenvalue weighted by Gasteiger charge is 2.50. The van der Waals surface area contributed by atoms with Crippen molar-refractivity contribution in [2.24, 2.45) is 5.41 Å². The Morgan fingerprint density at radius 1 is 1.00 bits per heavy atom.